The zero-order valence-corrected chi connectivity index (χ0v) is 17.8. The molecule has 10 heteroatoms. The molecule has 2 aromatic carbocycles. The van der Waals surface area contributed by atoms with Crippen LogP contribution in [0, 0.1) is 0 Å². The largest absolute Gasteiger partial charge is 0.417 e. The van der Waals surface area contributed by atoms with Crippen LogP contribution in [0.25, 0.3) is 22.4 Å². The summed E-state index contributed by atoms with van der Waals surface area (Å²) in [7, 11) is 0. The van der Waals surface area contributed by atoms with E-state index in [-0.39, 0.29) is 52.5 Å². The molecule has 0 aliphatic rings. The van der Waals surface area contributed by atoms with Crippen molar-refractivity contribution in [1.82, 2.24) is 4.98 Å². The lowest BCUT2D eigenvalue weighted by molar-refractivity contribution is -0.137. The molecule has 0 unspecified atom stereocenters. The van der Waals surface area contributed by atoms with Crippen LogP contribution in [0.1, 0.15) is 5.56 Å². The van der Waals surface area contributed by atoms with E-state index in [9.17, 15) is 13.2 Å². The van der Waals surface area contributed by atoms with Crippen molar-refractivity contribution in [2.45, 2.75) is 6.18 Å². The van der Waals surface area contributed by atoms with Gasteiger partial charge in [0, 0.05) is 17.3 Å². The Morgan fingerprint density at radius 3 is 1.50 bits per heavy atom. The van der Waals surface area contributed by atoms with E-state index < -0.39 is 11.7 Å². The van der Waals surface area contributed by atoms with Crippen LogP contribution in [-0.2, 0) is 6.18 Å². The zero-order chi connectivity index (χ0) is 20.8. The highest BCUT2D eigenvalue weighted by atomic mass is 35.5. The Hall–Kier alpha value is -0.880. The average Bonchev–Trinajstić information content (AvgIpc) is 2.62. The number of pyridine rings is 1. The number of hydrogen-bond donors (Lipinski definition) is 0. The summed E-state index contributed by atoms with van der Waals surface area (Å²) in [5.41, 5.74) is -0.721. The number of nitrogens with zero attached hydrogens (tertiary/aromatic N) is 1. The van der Waals surface area contributed by atoms with Crippen LogP contribution in [0.3, 0.4) is 0 Å². The fraction of sp³-hybridized carbons (Fsp3) is 0.0556. The van der Waals surface area contributed by atoms with Crippen molar-refractivity contribution in [3.8, 4) is 22.4 Å². The number of hydrogen-bond acceptors (Lipinski definition) is 1. The Bertz CT molecular complexity index is 1040. The van der Waals surface area contributed by atoms with Gasteiger partial charge in [-0.1, -0.05) is 69.6 Å². The van der Waals surface area contributed by atoms with Gasteiger partial charge in [0.25, 0.3) is 0 Å². The van der Waals surface area contributed by atoms with Crippen LogP contribution >= 0.6 is 69.6 Å². The van der Waals surface area contributed by atoms with Gasteiger partial charge in [-0.05, 0) is 35.9 Å². The predicted octanol–water partition coefficient (Wildman–Crippen LogP) is 9.35. The molecular weight excluding hydrogens is 500 g/mol. The third-order valence-electron chi connectivity index (χ3n) is 3.78. The van der Waals surface area contributed by atoms with Crippen LogP contribution in [-0.4, -0.2) is 4.98 Å². The molecule has 1 aromatic heterocycles. The second-order valence-electron chi connectivity index (χ2n) is 5.62. The lowest BCUT2D eigenvalue weighted by Gasteiger charge is -2.15. The summed E-state index contributed by atoms with van der Waals surface area (Å²) in [6.45, 7) is 0. The molecule has 0 fully saturated rings. The molecule has 3 rings (SSSR count). The van der Waals surface area contributed by atoms with E-state index in [4.69, 9.17) is 69.6 Å². The third kappa shape index (κ3) is 4.33. The molecule has 0 aliphatic heterocycles. The third-order valence-corrected chi connectivity index (χ3v) is 6.18. The van der Waals surface area contributed by atoms with Gasteiger partial charge < -0.3 is 0 Å². The van der Waals surface area contributed by atoms with E-state index in [0.717, 1.165) is 12.3 Å². The fourth-order valence-corrected chi connectivity index (χ4v) is 3.68. The first-order valence-electron chi connectivity index (χ1n) is 7.36. The van der Waals surface area contributed by atoms with Gasteiger partial charge >= 0.3 is 6.18 Å². The van der Waals surface area contributed by atoms with Gasteiger partial charge in [0.15, 0.2) is 0 Å². The number of halogens is 9. The summed E-state index contributed by atoms with van der Waals surface area (Å²) < 4.78 is 41.2. The zero-order valence-electron chi connectivity index (χ0n) is 13.3. The highest BCUT2D eigenvalue weighted by Crippen LogP contribution is 2.42. The number of aromatic nitrogens is 1. The monoisotopic (exact) mass is 503 g/mol. The predicted molar refractivity (Wildman–Crippen MR) is 110 cm³/mol. The van der Waals surface area contributed by atoms with Crippen LogP contribution in [0.4, 0.5) is 13.2 Å². The molecule has 0 spiro atoms. The van der Waals surface area contributed by atoms with E-state index in [1.54, 1.807) is 0 Å². The highest BCUT2D eigenvalue weighted by molar-refractivity contribution is 6.49. The van der Waals surface area contributed by atoms with Crippen molar-refractivity contribution in [3.05, 3.63) is 72.2 Å². The number of alkyl halides is 3. The van der Waals surface area contributed by atoms with E-state index in [1.165, 1.54) is 24.3 Å². The SMILES string of the molecule is FC(F)(F)c1cc(-c2cc(Cl)c(Cl)c(Cl)c2)ncc1-c1cc(Cl)c(Cl)c(Cl)c1. The van der Waals surface area contributed by atoms with Crippen molar-refractivity contribution in [1.29, 1.82) is 0 Å². The first-order chi connectivity index (χ1) is 13.0. The molecule has 0 N–H and O–H groups in total. The van der Waals surface area contributed by atoms with Gasteiger partial charge in [-0.2, -0.15) is 13.2 Å². The Morgan fingerprint density at radius 1 is 0.643 bits per heavy atom. The van der Waals surface area contributed by atoms with E-state index in [2.05, 4.69) is 4.98 Å². The first-order valence-corrected chi connectivity index (χ1v) is 9.63. The molecule has 0 aliphatic carbocycles. The van der Waals surface area contributed by atoms with Crippen molar-refractivity contribution in [3.63, 3.8) is 0 Å². The van der Waals surface area contributed by atoms with Crippen LogP contribution in [0.2, 0.25) is 30.1 Å². The topological polar surface area (TPSA) is 12.9 Å². The van der Waals surface area contributed by atoms with Crippen LogP contribution < -0.4 is 0 Å². The molecule has 0 saturated heterocycles. The summed E-state index contributed by atoms with van der Waals surface area (Å²) >= 11 is 35.6. The quantitative estimate of drug-likeness (QED) is 0.316. The first kappa shape index (κ1) is 21.8. The van der Waals surface area contributed by atoms with E-state index in [1.807, 2.05) is 0 Å². The van der Waals surface area contributed by atoms with E-state index in [0.29, 0.717) is 0 Å². The molecule has 0 saturated carbocycles. The van der Waals surface area contributed by atoms with Gasteiger partial charge in [-0.15, -0.1) is 0 Å². The summed E-state index contributed by atoms with van der Waals surface area (Å²) in [5, 5.41) is 0.399. The fourth-order valence-electron chi connectivity index (χ4n) is 2.49. The molecule has 3 aromatic rings. The Balaban J connectivity index is 2.22. The summed E-state index contributed by atoms with van der Waals surface area (Å²) in [6.07, 6.45) is -3.60. The Morgan fingerprint density at radius 2 is 1.07 bits per heavy atom. The van der Waals surface area contributed by atoms with Crippen LogP contribution in [0.15, 0.2) is 36.5 Å². The summed E-state index contributed by atoms with van der Waals surface area (Å²) in [6, 6.07) is 6.24. The summed E-state index contributed by atoms with van der Waals surface area (Å²) in [4.78, 5) is 4.11. The van der Waals surface area contributed by atoms with Crippen molar-refractivity contribution in [2.75, 3.05) is 0 Å². The van der Waals surface area contributed by atoms with Crippen molar-refractivity contribution in [2.24, 2.45) is 0 Å². The molecule has 0 atom stereocenters. The molecule has 1 heterocycles. The van der Waals surface area contributed by atoms with Crippen molar-refractivity contribution >= 4 is 69.6 Å². The maximum Gasteiger partial charge on any atom is 0.417 e. The highest BCUT2D eigenvalue weighted by Gasteiger charge is 2.35. The second-order valence-corrected chi connectivity index (χ2v) is 8.01. The maximum absolute atomic E-state index is 13.7. The Labute approximate surface area is 187 Å². The van der Waals surface area contributed by atoms with Gasteiger partial charge in [-0.3, -0.25) is 4.98 Å². The van der Waals surface area contributed by atoms with Gasteiger partial charge in [0.1, 0.15) is 0 Å². The lowest BCUT2D eigenvalue weighted by atomic mass is 9.99. The van der Waals surface area contributed by atoms with Gasteiger partial charge in [-0.25, -0.2) is 0 Å². The lowest BCUT2D eigenvalue weighted by Crippen LogP contribution is -2.08. The molecule has 146 valence electrons. The van der Waals surface area contributed by atoms with Gasteiger partial charge in [0.05, 0.1) is 41.4 Å². The van der Waals surface area contributed by atoms with Gasteiger partial charge in [0.2, 0.25) is 0 Å². The Kier molecular flexibility index (Phi) is 6.31. The van der Waals surface area contributed by atoms with E-state index >= 15 is 0 Å². The second kappa shape index (κ2) is 8.10. The average molecular weight is 506 g/mol. The minimum absolute atomic E-state index is 0.0164. The molecule has 0 bridgehead atoms. The molecule has 28 heavy (non-hydrogen) atoms. The standard InChI is InChI=1S/C18H6Cl6F3N/c19-11-1-7(2-12(20)16(11)23)9-6-28-15(5-10(9)18(25,26)27)8-3-13(21)17(24)14(22)4-8/h1-6H. The molecular formula is C18H6Cl6F3N. The molecule has 0 amide bonds. The number of rotatable bonds is 2. The molecule has 0 radical (unpaired) electrons. The minimum atomic E-state index is -4.67. The summed E-state index contributed by atoms with van der Waals surface area (Å²) in [5.74, 6) is 0. The molecule has 1 nitrogen and oxygen atoms in total. The maximum atomic E-state index is 13.7. The number of benzene rings is 2. The van der Waals surface area contributed by atoms with Crippen molar-refractivity contribution < 1.29 is 13.2 Å². The van der Waals surface area contributed by atoms with Crippen LogP contribution in [0.5, 0.6) is 0 Å². The normalized spacial score (nSPS) is 11.8. The minimum Gasteiger partial charge on any atom is -0.256 e. The smallest absolute Gasteiger partial charge is 0.256 e.